The predicted molar refractivity (Wildman–Crippen MR) is 121 cm³/mol. The van der Waals surface area contributed by atoms with Gasteiger partial charge in [-0.25, -0.2) is 4.39 Å². The maximum Gasteiger partial charge on any atom is 0.200 e. The summed E-state index contributed by atoms with van der Waals surface area (Å²) in [6.07, 6.45) is 15.7. The van der Waals surface area contributed by atoms with Crippen LogP contribution in [0.1, 0.15) is 110 Å². The molecular formula is C26H44F2O. The van der Waals surface area contributed by atoms with Gasteiger partial charge < -0.3 is 4.74 Å². The Morgan fingerprint density at radius 3 is 1.83 bits per heavy atom. The summed E-state index contributed by atoms with van der Waals surface area (Å²) in [5.41, 5.74) is 0.476. The molecule has 29 heavy (non-hydrogen) atoms. The fourth-order valence-corrected chi connectivity index (χ4v) is 4.48. The smallest absolute Gasteiger partial charge is 0.200 e. The van der Waals surface area contributed by atoms with Crippen molar-refractivity contribution in [1.82, 2.24) is 0 Å². The van der Waals surface area contributed by atoms with E-state index in [1.165, 1.54) is 64.2 Å². The van der Waals surface area contributed by atoms with Crippen LogP contribution < -0.4 is 4.74 Å². The fourth-order valence-electron chi connectivity index (χ4n) is 4.48. The molecule has 0 heterocycles. The Balaban J connectivity index is 2.47. The molecule has 1 aromatic rings. The number of halogens is 2. The maximum atomic E-state index is 14.3. The van der Waals surface area contributed by atoms with Gasteiger partial charge in [-0.1, -0.05) is 97.5 Å². The Kier molecular flexibility index (Phi) is 14.0. The number of benzene rings is 1. The molecule has 168 valence electrons. The van der Waals surface area contributed by atoms with Gasteiger partial charge in [0.2, 0.25) is 5.82 Å². The van der Waals surface area contributed by atoms with Crippen LogP contribution in [0.2, 0.25) is 0 Å². The zero-order valence-corrected chi connectivity index (χ0v) is 19.4. The third-order valence-electron chi connectivity index (χ3n) is 6.07. The molecule has 1 aromatic carbocycles. The van der Waals surface area contributed by atoms with Gasteiger partial charge >= 0.3 is 0 Å². The Morgan fingerprint density at radius 2 is 1.28 bits per heavy atom. The number of rotatable bonds is 17. The predicted octanol–water partition coefficient (Wildman–Crippen LogP) is 8.88. The summed E-state index contributed by atoms with van der Waals surface area (Å²) in [6, 6.07) is 3.24. The molecule has 0 aliphatic carbocycles. The molecule has 0 saturated carbocycles. The number of hydrogen-bond acceptors (Lipinski definition) is 1. The van der Waals surface area contributed by atoms with Crippen LogP contribution >= 0.6 is 0 Å². The maximum absolute atomic E-state index is 14.3. The van der Waals surface area contributed by atoms with Crippen LogP contribution in [-0.2, 0) is 6.42 Å². The minimum absolute atomic E-state index is 0.0160. The van der Waals surface area contributed by atoms with Crippen molar-refractivity contribution in [2.45, 2.75) is 111 Å². The van der Waals surface area contributed by atoms with Crippen molar-refractivity contribution in [3.8, 4) is 5.75 Å². The van der Waals surface area contributed by atoms with Gasteiger partial charge in [0.1, 0.15) is 0 Å². The summed E-state index contributed by atoms with van der Waals surface area (Å²) >= 11 is 0. The van der Waals surface area contributed by atoms with Gasteiger partial charge in [0, 0.05) is 0 Å². The molecule has 0 spiro atoms. The standard InChI is InChI=1S/C26H44F2O/c1-5-9-14-21(12-6-2)15-10-16-22(13-7-3)17-11-18-23-19-20-24(29-8-4)26(28)25(23)27/h19-22H,5-18H2,1-4H3. The molecule has 0 bridgehead atoms. The monoisotopic (exact) mass is 410 g/mol. The Bertz CT molecular complexity index is 544. The third kappa shape index (κ3) is 9.96. The summed E-state index contributed by atoms with van der Waals surface area (Å²) < 4.78 is 33.5. The molecule has 0 aliphatic heterocycles. The second kappa shape index (κ2) is 15.7. The van der Waals surface area contributed by atoms with Crippen molar-refractivity contribution in [3.63, 3.8) is 0 Å². The van der Waals surface area contributed by atoms with Crippen LogP contribution in [0.3, 0.4) is 0 Å². The van der Waals surface area contributed by atoms with Crippen molar-refractivity contribution >= 4 is 0 Å². The molecule has 2 unspecified atom stereocenters. The molecule has 1 nitrogen and oxygen atoms in total. The van der Waals surface area contributed by atoms with Crippen molar-refractivity contribution in [1.29, 1.82) is 0 Å². The highest BCUT2D eigenvalue weighted by Gasteiger charge is 2.15. The molecule has 0 aromatic heterocycles. The van der Waals surface area contributed by atoms with Crippen LogP contribution in [-0.4, -0.2) is 6.61 Å². The quantitative estimate of drug-likeness (QED) is 0.249. The second-order valence-electron chi connectivity index (χ2n) is 8.56. The van der Waals surface area contributed by atoms with E-state index in [2.05, 4.69) is 20.8 Å². The molecule has 0 fully saturated rings. The Labute approximate surface area is 178 Å². The first kappa shape index (κ1) is 25.9. The molecule has 0 saturated heterocycles. The van der Waals surface area contributed by atoms with Gasteiger partial charge in [0.15, 0.2) is 11.6 Å². The second-order valence-corrected chi connectivity index (χ2v) is 8.56. The first-order valence-electron chi connectivity index (χ1n) is 12.2. The molecule has 1 rings (SSSR count). The minimum atomic E-state index is -0.844. The number of hydrogen-bond donors (Lipinski definition) is 0. The van der Waals surface area contributed by atoms with Crippen LogP contribution in [0.25, 0.3) is 0 Å². The fraction of sp³-hybridized carbons (Fsp3) is 0.769. The average Bonchev–Trinajstić information content (AvgIpc) is 2.71. The Hall–Kier alpha value is -1.12. The largest absolute Gasteiger partial charge is 0.491 e. The number of ether oxygens (including phenoxy) is 1. The van der Waals surface area contributed by atoms with Gasteiger partial charge in [-0.05, 0) is 43.2 Å². The van der Waals surface area contributed by atoms with E-state index >= 15 is 0 Å². The van der Waals surface area contributed by atoms with Crippen molar-refractivity contribution < 1.29 is 13.5 Å². The van der Waals surface area contributed by atoms with E-state index in [0.29, 0.717) is 24.5 Å². The van der Waals surface area contributed by atoms with Crippen LogP contribution in [0.15, 0.2) is 12.1 Å². The lowest BCUT2D eigenvalue weighted by molar-refractivity contribution is 0.313. The van der Waals surface area contributed by atoms with Crippen LogP contribution in [0.5, 0.6) is 5.75 Å². The first-order chi connectivity index (χ1) is 14.1. The third-order valence-corrected chi connectivity index (χ3v) is 6.07. The average molecular weight is 411 g/mol. The molecule has 0 radical (unpaired) electrons. The highest BCUT2D eigenvalue weighted by atomic mass is 19.2. The summed E-state index contributed by atoms with van der Waals surface area (Å²) in [4.78, 5) is 0. The van der Waals surface area contributed by atoms with E-state index < -0.39 is 11.6 Å². The van der Waals surface area contributed by atoms with Crippen molar-refractivity contribution in [3.05, 3.63) is 29.3 Å². The highest BCUT2D eigenvalue weighted by molar-refractivity contribution is 5.31. The summed E-state index contributed by atoms with van der Waals surface area (Å²) in [5.74, 6) is 0.0411. The van der Waals surface area contributed by atoms with Crippen LogP contribution in [0.4, 0.5) is 8.78 Å². The molecule has 0 N–H and O–H groups in total. The molecule has 0 aliphatic rings. The van der Waals surface area contributed by atoms with Gasteiger partial charge in [-0.2, -0.15) is 4.39 Å². The van der Waals surface area contributed by atoms with Crippen LogP contribution in [0, 0.1) is 23.5 Å². The first-order valence-corrected chi connectivity index (χ1v) is 12.2. The number of aryl methyl sites for hydroxylation is 1. The summed E-state index contributed by atoms with van der Waals surface area (Å²) in [7, 11) is 0. The zero-order valence-electron chi connectivity index (χ0n) is 19.4. The van der Waals surface area contributed by atoms with Gasteiger partial charge in [-0.15, -0.1) is 0 Å². The normalized spacial score (nSPS) is 13.4. The van der Waals surface area contributed by atoms with Gasteiger partial charge in [0.05, 0.1) is 6.61 Å². The minimum Gasteiger partial charge on any atom is -0.491 e. The lowest BCUT2D eigenvalue weighted by Crippen LogP contribution is -2.06. The SMILES string of the molecule is CCCCC(CCC)CCCC(CCC)CCCc1ccc(OCC)c(F)c1F. The summed E-state index contributed by atoms with van der Waals surface area (Å²) in [5, 5.41) is 0. The van der Waals surface area contributed by atoms with E-state index in [4.69, 9.17) is 4.74 Å². The lowest BCUT2D eigenvalue weighted by Gasteiger charge is -2.19. The molecule has 0 amide bonds. The van der Waals surface area contributed by atoms with E-state index in [1.807, 2.05) is 0 Å². The molecular weight excluding hydrogens is 366 g/mol. The topological polar surface area (TPSA) is 9.23 Å². The van der Waals surface area contributed by atoms with Crippen molar-refractivity contribution in [2.75, 3.05) is 6.61 Å². The Morgan fingerprint density at radius 1 is 0.690 bits per heavy atom. The summed E-state index contributed by atoms with van der Waals surface area (Å²) in [6.45, 7) is 8.93. The van der Waals surface area contributed by atoms with E-state index in [-0.39, 0.29) is 5.75 Å². The van der Waals surface area contributed by atoms with E-state index in [1.54, 1.807) is 19.1 Å². The van der Waals surface area contributed by atoms with Gasteiger partial charge in [-0.3, -0.25) is 0 Å². The number of unbranched alkanes of at least 4 members (excludes halogenated alkanes) is 1. The molecule has 2 atom stereocenters. The van der Waals surface area contributed by atoms with E-state index in [0.717, 1.165) is 18.8 Å². The highest BCUT2D eigenvalue weighted by Crippen LogP contribution is 2.28. The molecule has 3 heteroatoms. The van der Waals surface area contributed by atoms with Crippen molar-refractivity contribution in [2.24, 2.45) is 11.8 Å². The zero-order chi connectivity index (χ0) is 21.5. The van der Waals surface area contributed by atoms with Gasteiger partial charge in [0.25, 0.3) is 0 Å². The van der Waals surface area contributed by atoms with E-state index in [9.17, 15) is 8.78 Å². The lowest BCUT2D eigenvalue weighted by atomic mass is 9.87.